The molecule has 1 atom stereocenters. The molecule has 3 heterocycles. The van der Waals surface area contributed by atoms with Crippen LogP contribution in [0.25, 0.3) is 10.9 Å². The minimum absolute atomic E-state index is 0.0596. The first-order chi connectivity index (χ1) is 18.6. The van der Waals surface area contributed by atoms with Crippen molar-refractivity contribution in [2.24, 2.45) is 0 Å². The molecule has 1 saturated carbocycles. The number of aryl methyl sites for hydroxylation is 2. The van der Waals surface area contributed by atoms with Gasteiger partial charge in [-0.25, -0.2) is 4.68 Å². The number of aromatic nitrogens is 5. The molecule has 1 N–H and O–H groups in total. The number of rotatable bonds is 6. The van der Waals surface area contributed by atoms with Crippen molar-refractivity contribution >= 4 is 10.9 Å². The molecule has 8 heteroatoms. The van der Waals surface area contributed by atoms with Gasteiger partial charge in [-0.3, -0.25) is 14.6 Å². The van der Waals surface area contributed by atoms with Gasteiger partial charge in [-0.15, -0.1) is 5.10 Å². The Kier molecular flexibility index (Phi) is 7.08. The molecule has 4 aromatic rings. The first-order valence-electron chi connectivity index (χ1n) is 14.0. The van der Waals surface area contributed by atoms with E-state index in [9.17, 15) is 4.79 Å². The average molecular weight is 512 g/mol. The van der Waals surface area contributed by atoms with Gasteiger partial charge in [0.2, 0.25) is 0 Å². The van der Waals surface area contributed by atoms with Crippen LogP contribution in [-0.4, -0.2) is 61.2 Å². The monoisotopic (exact) mass is 511 g/mol. The second-order valence-corrected chi connectivity index (χ2v) is 11.1. The van der Waals surface area contributed by atoms with Gasteiger partial charge in [-0.2, -0.15) is 0 Å². The second-order valence-electron chi connectivity index (χ2n) is 11.1. The normalized spacial score (nSPS) is 18.7. The highest BCUT2D eigenvalue weighted by Crippen LogP contribution is 2.33. The molecule has 1 aliphatic carbocycles. The van der Waals surface area contributed by atoms with E-state index in [1.165, 1.54) is 36.0 Å². The number of fused-ring (bicyclic) bond motifs is 1. The summed E-state index contributed by atoms with van der Waals surface area (Å²) in [6.07, 6.45) is 5.83. The Morgan fingerprint density at radius 2 is 1.68 bits per heavy atom. The molecule has 0 amide bonds. The number of tetrazole rings is 1. The number of nitrogens with one attached hydrogen (secondary N) is 1. The fourth-order valence-corrected chi connectivity index (χ4v) is 6.18. The SMILES string of the molecule is Cc1cc2cc([C@@H](c3nnnn3C3CCCCC3)N3CCN(Cc4ccccc4)CC3)c(=O)[nH]c2cc1C. The van der Waals surface area contributed by atoms with Crippen LogP contribution in [-0.2, 0) is 6.54 Å². The number of hydrogen-bond acceptors (Lipinski definition) is 6. The molecule has 0 bridgehead atoms. The lowest BCUT2D eigenvalue weighted by Gasteiger charge is -2.39. The molecular formula is C30H37N7O. The molecule has 8 nitrogen and oxygen atoms in total. The lowest BCUT2D eigenvalue weighted by atomic mass is 9.95. The van der Waals surface area contributed by atoms with Crippen LogP contribution >= 0.6 is 0 Å². The van der Waals surface area contributed by atoms with Gasteiger partial charge in [-0.1, -0.05) is 49.6 Å². The van der Waals surface area contributed by atoms with Crippen molar-refractivity contribution in [1.29, 1.82) is 0 Å². The quantitative estimate of drug-likeness (QED) is 0.409. The van der Waals surface area contributed by atoms with E-state index in [0.29, 0.717) is 6.04 Å². The van der Waals surface area contributed by atoms with E-state index < -0.39 is 0 Å². The van der Waals surface area contributed by atoms with Crippen molar-refractivity contribution < 1.29 is 0 Å². The molecule has 1 aliphatic heterocycles. The van der Waals surface area contributed by atoms with Crippen LogP contribution < -0.4 is 5.56 Å². The van der Waals surface area contributed by atoms with Crippen molar-refractivity contribution in [3.8, 4) is 0 Å². The zero-order valence-corrected chi connectivity index (χ0v) is 22.4. The van der Waals surface area contributed by atoms with Crippen LogP contribution in [0.3, 0.4) is 0 Å². The lowest BCUT2D eigenvalue weighted by molar-refractivity contribution is 0.0982. The number of benzene rings is 2. The van der Waals surface area contributed by atoms with Gasteiger partial charge in [0.15, 0.2) is 5.82 Å². The predicted molar refractivity (Wildman–Crippen MR) is 149 cm³/mol. The van der Waals surface area contributed by atoms with Crippen LogP contribution in [0.1, 0.15) is 72.3 Å². The highest BCUT2D eigenvalue weighted by Gasteiger charge is 2.34. The summed E-state index contributed by atoms with van der Waals surface area (Å²) in [6, 6.07) is 16.9. The summed E-state index contributed by atoms with van der Waals surface area (Å²) in [7, 11) is 0. The fourth-order valence-electron chi connectivity index (χ4n) is 6.18. The summed E-state index contributed by atoms with van der Waals surface area (Å²) in [4.78, 5) is 21.7. The van der Waals surface area contributed by atoms with E-state index in [4.69, 9.17) is 0 Å². The summed E-state index contributed by atoms with van der Waals surface area (Å²) in [6.45, 7) is 8.69. The van der Waals surface area contributed by atoms with Gasteiger partial charge in [0, 0.05) is 43.8 Å². The van der Waals surface area contributed by atoms with Gasteiger partial charge in [0.05, 0.1) is 6.04 Å². The maximum Gasteiger partial charge on any atom is 0.253 e. The molecule has 2 aromatic carbocycles. The summed E-state index contributed by atoms with van der Waals surface area (Å²) >= 11 is 0. The van der Waals surface area contributed by atoms with Gasteiger partial charge < -0.3 is 4.98 Å². The Bertz CT molecular complexity index is 1450. The Labute approximate surface area is 223 Å². The Morgan fingerprint density at radius 1 is 0.947 bits per heavy atom. The maximum absolute atomic E-state index is 13.6. The van der Waals surface area contributed by atoms with E-state index in [-0.39, 0.29) is 11.6 Å². The molecule has 2 fully saturated rings. The van der Waals surface area contributed by atoms with Crippen LogP contribution in [0, 0.1) is 13.8 Å². The van der Waals surface area contributed by atoms with Crippen LogP contribution in [0.2, 0.25) is 0 Å². The first kappa shape index (κ1) is 24.9. The summed E-state index contributed by atoms with van der Waals surface area (Å²) in [5.41, 5.74) is 5.26. The smallest absolute Gasteiger partial charge is 0.253 e. The number of H-pyrrole nitrogens is 1. The largest absolute Gasteiger partial charge is 0.322 e. The Morgan fingerprint density at radius 3 is 2.45 bits per heavy atom. The predicted octanol–water partition coefficient (Wildman–Crippen LogP) is 4.54. The topological polar surface area (TPSA) is 82.9 Å². The first-order valence-corrected chi connectivity index (χ1v) is 14.0. The highest BCUT2D eigenvalue weighted by molar-refractivity contribution is 5.81. The van der Waals surface area contributed by atoms with Gasteiger partial charge in [-0.05, 0) is 77.4 Å². The zero-order valence-electron chi connectivity index (χ0n) is 22.4. The molecular weight excluding hydrogens is 474 g/mol. The van der Waals surface area contributed by atoms with Gasteiger partial charge in [0.1, 0.15) is 6.04 Å². The lowest BCUT2D eigenvalue weighted by Crippen LogP contribution is -2.48. The maximum atomic E-state index is 13.6. The minimum Gasteiger partial charge on any atom is -0.322 e. The van der Waals surface area contributed by atoms with Crippen molar-refractivity contribution in [3.05, 3.63) is 87.0 Å². The number of pyridine rings is 1. The van der Waals surface area contributed by atoms with Crippen molar-refractivity contribution in [3.63, 3.8) is 0 Å². The van der Waals surface area contributed by atoms with Crippen LogP contribution in [0.5, 0.6) is 0 Å². The number of aromatic amines is 1. The Balaban J connectivity index is 1.36. The van der Waals surface area contributed by atoms with E-state index in [2.05, 4.69) is 92.7 Å². The molecule has 38 heavy (non-hydrogen) atoms. The third-order valence-electron chi connectivity index (χ3n) is 8.49. The standard InChI is InChI=1S/C30H37N7O/c1-21-17-24-19-26(30(38)31-27(24)18-22(21)2)28(29-32-33-34-37(29)25-11-7-4-8-12-25)36-15-13-35(14-16-36)20-23-9-5-3-6-10-23/h3,5-6,9-10,17-19,25,28H,4,7-8,11-16,20H2,1-2H3,(H,31,38)/t28-/m0/s1. The molecule has 0 unspecified atom stereocenters. The van der Waals surface area contributed by atoms with Crippen molar-refractivity contribution in [2.75, 3.05) is 26.2 Å². The number of hydrogen-bond donors (Lipinski definition) is 1. The summed E-state index contributed by atoms with van der Waals surface area (Å²) < 4.78 is 2.03. The van der Waals surface area contributed by atoms with Crippen LogP contribution in [0.15, 0.2) is 53.3 Å². The molecule has 0 spiro atoms. The van der Waals surface area contributed by atoms with E-state index >= 15 is 0 Å². The molecule has 6 rings (SSSR count). The second kappa shape index (κ2) is 10.8. The van der Waals surface area contributed by atoms with E-state index in [1.807, 2.05) is 4.68 Å². The minimum atomic E-state index is -0.291. The Hall–Kier alpha value is -3.36. The zero-order chi connectivity index (χ0) is 26.1. The number of piperazine rings is 1. The average Bonchev–Trinajstić information content (AvgIpc) is 3.42. The number of nitrogens with zero attached hydrogens (tertiary/aromatic N) is 6. The molecule has 0 radical (unpaired) electrons. The summed E-state index contributed by atoms with van der Waals surface area (Å²) in [5.74, 6) is 0.794. The molecule has 2 aromatic heterocycles. The molecule has 2 aliphatic rings. The highest BCUT2D eigenvalue weighted by atomic mass is 16.1. The van der Waals surface area contributed by atoms with Crippen molar-refractivity contribution in [2.45, 2.75) is 64.6 Å². The van der Waals surface area contributed by atoms with E-state index in [1.54, 1.807) is 0 Å². The molecule has 1 saturated heterocycles. The van der Waals surface area contributed by atoms with Gasteiger partial charge in [0.25, 0.3) is 5.56 Å². The van der Waals surface area contributed by atoms with Crippen molar-refractivity contribution in [1.82, 2.24) is 35.0 Å². The third-order valence-corrected chi connectivity index (χ3v) is 8.49. The van der Waals surface area contributed by atoms with Gasteiger partial charge >= 0.3 is 0 Å². The third kappa shape index (κ3) is 5.02. The molecule has 198 valence electrons. The van der Waals surface area contributed by atoms with Crippen LogP contribution in [0.4, 0.5) is 0 Å². The van der Waals surface area contributed by atoms with E-state index in [0.717, 1.165) is 67.9 Å². The fraction of sp³-hybridized carbons (Fsp3) is 0.467. The summed E-state index contributed by atoms with van der Waals surface area (Å²) in [5, 5.41) is 14.2.